The number of nitrogens with one attached hydrogen (secondary N) is 2. The lowest BCUT2D eigenvalue weighted by molar-refractivity contribution is -0.115. The van der Waals surface area contributed by atoms with Crippen molar-refractivity contribution >= 4 is 27.4 Å². The van der Waals surface area contributed by atoms with Crippen molar-refractivity contribution in [2.24, 2.45) is 0 Å². The summed E-state index contributed by atoms with van der Waals surface area (Å²) in [5.41, 5.74) is 2.06. The summed E-state index contributed by atoms with van der Waals surface area (Å²) in [5, 5.41) is 2.58. The number of hydrogen-bond donors (Lipinski definition) is 2. The van der Waals surface area contributed by atoms with E-state index < -0.39 is 15.9 Å². The predicted octanol–water partition coefficient (Wildman–Crippen LogP) is 2.93. The second-order valence-electron chi connectivity index (χ2n) is 6.23. The maximum absolute atomic E-state index is 12.3. The van der Waals surface area contributed by atoms with Gasteiger partial charge in [-0.15, -0.1) is 0 Å². The third-order valence-corrected chi connectivity index (χ3v) is 5.27. The number of amides is 1. The van der Waals surface area contributed by atoms with Gasteiger partial charge >= 0.3 is 0 Å². The van der Waals surface area contributed by atoms with Crippen LogP contribution in [0.25, 0.3) is 0 Å². The number of carbonyl (C=O) groups excluding carboxylic acids is 2. The summed E-state index contributed by atoms with van der Waals surface area (Å²) in [6.07, 6.45) is 0. The Morgan fingerprint density at radius 3 is 2.04 bits per heavy atom. The molecule has 0 fully saturated rings. The standard InChI is InChI=1S/C19H22N2O4S/c1-13(2)15-6-10-18(11-7-15)26(24,25)20-12-19(23)21-17-8-4-16(5-9-17)14(3)22/h4-11,13,20H,12H2,1-3H3,(H,21,23). The van der Waals surface area contributed by atoms with Gasteiger partial charge in [0.1, 0.15) is 0 Å². The second kappa shape index (κ2) is 8.25. The van der Waals surface area contributed by atoms with Gasteiger partial charge in [0, 0.05) is 11.3 Å². The van der Waals surface area contributed by atoms with E-state index in [1.54, 1.807) is 36.4 Å². The molecule has 1 amide bonds. The Hall–Kier alpha value is -2.51. The van der Waals surface area contributed by atoms with Gasteiger partial charge in [0.2, 0.25) is 15.9 Å². The summed E-state index contributed by atoms with van der Waals surface area (Å²) >= 11 is 0. The molecule has 6 nitrogen and oxygen atoms in total. The summed E-state index contributed by atoms with van der Waals surface area (Å²) in [6, 6.07) is 12.9. The fourth-order valence-corrected chi connectivity index (χ4v) is 3.25. The molecule has 0 spiro atoms. The summed E-state index contributed by atoms with van der Waals surface area (Å²) in [4.78, 5) is 23.3. The van der Waals surface area contributed by atoms with E-state index in [0.717, 1.165) is 5.56 Å². The molecule has 2 aromatic rings. The number of hydrogen-bond acceptors (Lipinski definition) is 4. The average molecular weight is 374 g/mol. The van der Waals surface area contributed by atoms with Crippen molar-refractivity contribution < 1.29 is 18.0 Å². The van der Waals surface area contributed by atoms with Crippen LogP contribution in [0.1, 0.15) is 42.6 Å². The van der Waals surface area contributed by atoms with Crippen LogP contribution in [-0.2, 0) is 14.8 Å². The Morgan fingerprint density at radius 2 is 1.54 bits per heavy atom. The van der Waals surface area contributed by atoms with Crippen LogP contribution in [-0.4, -0.2) is 26.7 Å². The molecule has 2 aromatic carbocycles. The summed E-state index contributed by atoms with van der Waals surface area (Å²) in [5.74, 6) is -0.262. The van der Waals surface area contributed by atoms with E-state index in [1.807, 2.05) is 13.8 Å². The summed E-state index contributed by atoms with van der Waals surface area (Å²) < 4.78 is 26.8. The highest BCUT2D eigenvalue weighted by atomic mass is 32.2. The van der Waals surface area contributed by atoms with Crippen molar-refractivity contribution in [1.82, 2.24) is 4.72 Å². The SMILES string of the molecule is CC(=O)c1ccc(NC(=O)CNS(=O)(=O)c2ccc(C(C)C)cc2)cc1. The van der Waals surface area contributed by atoms with Gasteiger partial charge in [-0.25, -0.2) is 13.1 Å². The van der Waals surface area contributed by atoms with Crippen LogP contribution in [0.4, 0.5) is 5.69 Å². The molecule has 26 heavy (non-hydrogen) atoms. The molecule has 0 aromatic heterocycles. The van der Waals surface area contributed by atoms with E-state index >= 15 is 0 Å². The first kappa shape index (κ1) is 19.8. The molecular formula is C19H22N2O4S. The van der Waals surface area contributed by atoms with Crippen molar-refractivity contribution in [2.75, 3.05) is 11.9 Å². The van der Waals surface area contributed by atoms with Crippen molar-refractivity contribution in [3.8, 4) is 0 Å². The van der Waals surface area contributed by atoms with Crippen molar-refractivity contribution in [3.05, 3.63) is 59.7 Å². The van der Waals surface area contributed by atoms with Crippen molar-refractivity contribution in [2.45, 2.75) is 31.6 Å². The van der Waals surface area contributed by atoms with Gasteiger partial charge in [-0.05, 0) is 54.8 Å². The van der Waals surface area contributed by atoms with Crippen LogP contribution in [0.2, 0.25) is 0 Å². The van der Waals surface area contributed by atoms with E-state index in [2.05, 4.69) is 10.0 Å². The molecule has 0 atom stereocenters. The molecule has 0 aliphatic carbocycles. The minimum absolute atomic E-state index is 0.0703. The molecule has 7 heteroatoms. The molecule has 0 radical (unpaired) electrons. The molecule has 0 aliphatic rings. The summed E-state index contributed by atoms with van der Waals surface area (Å²) in [6.45, 7) is 5.11. The number of benzene rings is 2. The van der Waals surface area contributed by atoms with Crippen LogP contribution in [0.5, 0.6) is 0 Å². The lowest BCUT2D eigenvalue weighted by Gasteiger charge is -2.10. The van der Waals surface area contributed by atoms with Crippen molar-refractivity contribution in [3.63, 3.8) is 0 Å². The van der Waals surface area contributed by atoms with Crippen LogP contribution in [0, 0.1) is 0 Å². The Morgan fingerprint density at radius 1 is 0.962 bits per heavy atom. The van der Waals surface area contributed by atoms with E-state index in [1.165, 1.54) is 19.1 Å². The quantitative estimate of drug-likeness (QED) is 0.729. The van der Waals surface area contributed by atoms with Gasteiger partial charge in [-0.1, -0.05) is 26.0 Å². The number of sulfonamides is 1. The van der Waals surface area contributed by atoms with Gasteiger partial charge in [0.25, 0.3) is 0 Å². The highest BCUT2D eigenvalue weighted by molar-refractivity contribution is 7.89. The molecule has 2 rings (SSSR count). The van der Waals surface area contributed by atoms with E-state index in [-0.39, 0.29) is 17.2 Å². The zero-order valence-corrected chi connectivity index (χ0v) is 15.8. The molecular weight excluding hydrogens is 352 g/mol. The van der Waals surface area contributed by atoms with Gasteiger partial charge in [-0.2, -0.15) is 0 Å². The molecule has 138 valence electrons. The van der Waals surface area contributed by atoms with Crippen LogP contribution in [0.15, 0.2) is 53.4 Å². The zero-order chi connectivity index (χ0) is 19.3. The Bertz CT molecular complexity index is 886. The smallest absolute Gasteiger partial charge is 0.241 e. The first-order valence-corrected chi connectivity index (χ1v) is 9.68. The minimum atomic E-state index is -3.76. The molecule has 0 saturated carbocycles. The molecule has 0 aliphatic heterocycles. The van der Waals surface area contributed by atoms with Gasteiger partial charge in [0.15, 0.2) is 5.78 Å². The molecule has 0 saturated heterocycles. The maximum Gasteiger partial charge on any atom is 0.241 e. The summed E-state index contributed by atoms with van der Waals surface area (Å²) in [7, 11) is -3.76. The normalized spacial score (nSPS) is 11.4. The largest absolute Gasteiger partial charge is 0.325 e. The Balaban J connectivity index is 1.95. The number of Topliss-reactive ketones (excluding diaryl/α,β-unsaturated/α-hetero) is 1. The highest BCUT2D eigenvalue weighted by Crippen LogP contribution is 2.17. The molecule has 0 bridgehead atoms. The van der Waals surface area contributed by atoms with Gasteiger partial charge < -0.3 is 5.32 Å². The third kappa shape index (κ3) is 5.24. The topological polar surface area (TPSA) is 92.3 Å². The number of ketones is 1. The van der Waals surface area contributed by atoms with E-state index in [9.17, 15) is 18.0 Å². The van der Waals surface area contributed by atoms with Crippen LogP contribution < -0.4 is 10.0 Å². The van der Waals surface area contributed by atoms with Crippen molar-refractivity contribution in [1.29, 1.82) is 0 Å². The molecule has 0 unspecified atom stereocenters. The number of carbonyl (C=O) groups is 2. The molecule has 0 heterocycles. The first-order valence-electron chi connectivity index (χ1n) is 8.19. The zero-order valence-electron chi connectivity index (χ0n) is 14.9. The second-order valence-corrected chi connectivity index (χ2v) is 8.00. The third-order valence-electron chi connectivity index (χ3n) is 3.85. The maximum atomic E-state index is 12.3. The first-order chi connectivity index (χ1) is 12.2. The Labute approximate surface area is 153 Å². The van der Waals surface area contributed by atoms with Gasteiger partial charge in [-0.3, -0.25) is 9.59 Å². The number of rotatable bonds is 7. The Kier molecular flexibility index (Phi) is 6.28. The average Bonchev–Trinajstić information content (AvgIpc) is 2.60. The van der Waals surface area contributed by atoms with Gasteiger partial charge in [0.05, 0.1) is 11.4 Å². The van der Waals surface area contributed by atoms with Crippen LogP contribution >= 0.6 is 0 Å². The molecule has 2 N–H and O–H groups in total. The monoisotopic (exact) mass is 374 g/mol. The minimum Gasteiger partial charge on any atom is -0.325 e. The number of anilines is 1. The lowest BCUT2D eigenvalue weighted by Crippen LogP contribution is -2.32. The highest BCUT2D eigenvalue weighted by Gasteiger charge is 2.16. The fourth-order valence-electron chi connectivity index (χ4n) is 2.27. The fraction of sp³-hybridized carbons (Fsp3) is 0.263. The predicted molar refractivity (Wildman–Crippen MR) is 101 cm³/mol. The van der Waals surface area contributed by atoms with E-state index in [4.69, 9.17) is 0 Å². The lowest BCUT2D eigenvalue weighted by atomic mass is 10.0. The van der Waals surface area contributed by atoms with E-state index in [0.29, 0.717) is 17.2 Å². The van der Waals surface area contributed by atoms with Crippen LogP contribution in [0.3, 0.4) is 0 Å².